The summed E-state index contributed by atoms with van der Waals surface area (Å²) in [5.41, 5.74) is 0.939. The Kier molecular flexibility index (Phi) is 9.54. The summed E-state index contributed by atoms with van der Waals surface area (Å²) in [5, 5.41) is 3.49. The predicted molar refractivity (Wildman–Crippen MR) is 159 cm³/mol. The average Bonchev–Trinajstić information content (AvgIpc) is 3.41. The molecular formula is C32H38ClFN4O5. The highest BCUT2D eigenvalue weighted by Crippen LogP contribution is 2.32. The van der Waals surface area contributed by atoms with E-state index in [-0.39, 0.29) is 47.3 Å². The van der Waals surface area contributed by atoms with Crippen molar-refractivity contribution in [3.05, 3.63) is 64.9 Å². The van der Waals surface area contributed by atoms with Crippen LogP contribution < -0.4 is 10.1 Å². The van der Waals surface area contributed by atoms with Gasteiger partial charge in [0.2, 0.25) is 17.7 Å². The van der Waals surface area contributed by atoms with Crippen LogP contribution in [0.4, 0.5) is 9.18 Å². The third kappa shape index (κ3) is 7.29. The fourth-order valence-electron chi connectivity index (χ4n) is 6.40. The number of likely N-dealkylation sites (tertiary alicyclic amines) is 3. The first-order valence-corrected chi connectivity index (χ1v) is 15.3. The van der Waals surface area contributed by atoms with Crippen LogP contribution in [0.15, 0.2) is 48.5 Å². The number of hydrogen-bond acceptors (Lipinski definition) is 5. The van der Waals surface area contributed by atoms with E-state index in [1.54, 1.807) is 21.9 Å². The molecule has 3 fully saturated rings. The minimum Gasteiger partial charge on any atom is -0.410 e. The molecule has 3 saturated heterocycles. The fourth-order valence-corrected chi connectivity index (χ4v) is 6.53. The Labute approximate surface area is 256 Å². The fraction of sp³-hybridized carbons (Fsp3) is 0.500. The molecule has 43 heavy (non-hydrogen) atoms. The smallest absolute Gasteiger partial charge is 0.410 e. The van der Waals surface area contributed by atoms with Crippen LogP contribution in [0, 0.1) is 17.7 Å². The second kappa shape index (κ2) is 13.3. The molecule has 2 aromatic carbocycles. The van der Waals surface area contributed by atoms with Crippen LogP contribution in [0.1, 0.15) is 51.0 Å². The Hall–Kier alpha value is -3.66. The Morgan fingerprint density at radius 3 is 2.19 bits per heavy atom. The van der Waals surface area contributed by atoms with Gasteiger partial charge in [-0.15, -0.1) is 0 Å². The third-order valence-corrected chi connectivity index (χ3v) is 9.08. The van der Waals surface area contributed by atoms with Crippen molar-refractivity contribution in [1.82, 2.24) is 20.0 Å². The van der Waals surface area contributed by atoms with Gasteiger partial charge in [0, 0.05) is 62.0 Å². The number of carbonyl (C=O) groups excluding carboxylic acids is 4. The van der Waals surface area contributed by atoms with Gasteiger partial charge in [-0.05, 0) is 75.1 Å². The molecular weight excluding hydrogens is 575 g/mol. The van der Waals surface area contributed by atoms with Gasteiger partial charge in [-0.25, -0.2) is 9.18 Å². The standard InChI is InChI=1S/C32H38ClFN4O5/c1-20(2)38-17-23(5-12-29(38)39)31(41)36-15-13-22(14-16-36)30(40)37-18-27(21-3-6-24(33)7-4-21)28(19-37)35-32(42)43-26-10-8-25(34)9-11-26/h3-4,6-11,20,22-23,27-28H,5,12-19H2,1-2H3,(H,35,42)/t23?,27-,28+/m0/s1. The second-order valence-electron chi connectivity index (χ2n) is 12.0. The Morgan fingerprint density at radius 1 is 0.884 bits per heavy atom. The lowest BCUT2D eigenvalue weighted by atomic mass is 9.91. The minimum absolute atomic E-state index is 0.0107. The van der Waals surface area contributed by atoms with E-state index < -0.39 is 18.0 Å². The zero-order valence-corrected chi connectivity index (χ0v) is 25.3. The molecule has 0 bridgehead atoms. The summed E-state index contributed by atoms with van der Waals surface area (Å²) in [6.45, 7) is 6.11. The summed E-state index contributed by atoms with van der Waals surface area (Å²) in [6.07, 6.45) is 1.41. The molecule has 0 radical (unpaired) electrons. The molecule has 0 saturated carbocycles. The van der Waals surface area contributed by atoms with E-state index in [0.29, 0.717) is 63.4 Å². The van der Waals surface area contributed by atoms with Crippen molar-refractivity contribution >= 4 is 35.4 Å². The van der Waals surface area contributed by atoms with Crippen LogP contribution in [0.25, 0.3) is 0 Å². The van der Waals surface area contributed by atoms with Crippen molar-refractivity contribution in [2.24, 2.45) is 11.8 Å². The quantitative estimate of drug-likeness (QED) is 0.520. The van der Waals surface area contributed by atoms with Gasteiger partial charge in [0.15, 0.2) is 0 Å². The van der Waals surface area contributed by atoms with Crippen molar-refractivity contribution < 1.29 is 28.3 Å². The first-order valence-electron chi connectivity index (χ1n) is 15.0. The molecule has 0 aliphatic carbocycles. The number of nitrogens with one attached hydrogen (secondary N) is 1. The van der Waals surface area contributed by atoms with Gasteiger partial charge >= 0.3 is 6.09 Å². The maximum Gasteiger partial charge on any atom is 0.412 e. The Morgan fingerprint density at radius 2 is 1.53 bits per heavy atom. The largest absolute Gasteiger partial charge is 0.412 e. The molecule has 1 unspecified atom stereocenters. The lowest BCUT2D eigenvalue weighted by Gasteiger charge is -2.39. The minimum atomic E-state index is -0.683. The highest BCUT2D eigenvalue weighted by molar-refractivity contribution is 6.30. The lowest BCUT2D eigenvalue weighted by Crippen LogP contribution is -2.51. The number of halogens is 2. The summed E-state index contributed by atoms with van der Waals surface area (Å²) in [7, 11) is 0. The third-order valence-electron chi connectivity index (χ3n) is 8.83. The van der Waals surface area contributed by atoms with Gasteiger partial charge in [0.1, 0.15) is 11.6 Å². The van der Waals surface area contributed by atoms with E-state index in [1.807, 2.05) is 30.9 Å². The van der Waals surface area contributed by atoms with Crippen LogP contribution in [0.2, 0.25) is 5.02 Å². The van der Waals surface area contributed by atoms with Crippen molar-refractivity contribution in [2.45, 2.75) is 57.5 Å². The second-order valence-corrected chi connectivity index (χ2v) is 12.4. The summed E-state index contributed by atoms with van der Waals surface area (Å²) >= 11 is 6.11. The van der Waals surface area contributed by atoms with E-state index in [2.05, 4.69) is 5.32 Å². The molecule has 3 atom stereocenters. The first-order chi connectivity index (χ1) is 20.6. The highest BCUT2D eigenvalue weighted by atomic mass is 35.5. The molecule has 0 spiro atoms. The number of nitrogens with zero attached hydrogens (tertiary/aromatic N) is 3. The zero-order valence-electron chi connectivity index (χ0n) is 24.5. The topological polar surface area (TPSA) is 99.3 Å². The molecule has 2 aromatic rings. The van der Waals surface area contributed by atoms with Crippen molar-refractivity contribution in [2.75, 3.05) is 32.7 Å². The number of hydrogen-bond donors (Lipinski definition) is 1. The molecule has 230 valence electrons. The molecule has 3 heterocycles. The maximum atomic E-state index is 13.7. The van der Waals surface area contributed by atoms with Gasteiger partial charge in [0.25, 0.3) is 0 Å². The van der Waals surface area contributed by atoms with Crippen LogP contribution in [-0.4, -0.2) is 83.3 Å². The number of ether oxygens (including phenoxy) is 1. The molecule has 3 aliphatic rings. The molecule has 11 heteroatoms. The number of amides is 4. The lowest BCUT2D eigenvalue weighted by molar-refractivity contribution is -0.147. The van der Waals surface area contributed by atoms with E-state index in [9.17, 15) is 23.6 Å². The Bertz CT molecular complexity index is 1330. The first kappa shape index (κ1) is 30.8. The number of piperidine rings is 2. The Balaban J connectivity index is 1.20. The molecule has 1 N–H and O–H groups in total. The predicted octanol–water partition coefficient (Wildman–Crippen LogP) is 4.45. The zero-order chi connectivity index (χ0) is 30.7. The summed E-state index contributed by atoms with van der Waals surface area (Å²) in [6, 6.07) is 12.2. The van der Waals surface area contributed by atoms with Crippen LogP contribution in [0.3, 0.4) is 0 Å². The van der Waals surface area contributed by atoms with E-state index in [0.717, 1.165) is 5.56 Å². The molecule has 3 aliphatic heterocycles. The van der Waals surface area contributed by atoms with Crippen molar-refractivity contribution in [3.8, 4) is 5.75 Å². The summed E-state index contributed by atoms with van der Waals surface area (Å²) < 4.78 is 18.6. The average molecular weight is 613 g/mol. The normalized spacial score (nSPS) is 23.0. The van der Waals surface area contributed by atoms with E-state index in [1.165, 1.54) is 24.3 Å². The van der Waals surface area contributed by atoms with E-state index >= 15 is 0 Å². The number of carbonyl (C=O) groups is 4. The molecule has 5 rings (SSSR count). The van der Waals surface area contributed by atoms with Gasteiger partial charge in [0.05, 0.1) is 12.0 Å². The van der Waals surface area contributed by atoms with Gasteiger partial charge in [-0.1, -0.05) is 23.7 Å². The van der Waals surface area contributed by atoms with Crippen LogP contribution >= 0.6 is 11.6 Å². The van der Waals surface area contributed by atoms with Crippen molar-refractivity contribution in [1.29, 1.82) is 0 Å². The highest BCUT2D eigenvalue weighted by Gasteiger charge is 2.41. The SMILES string of the molecule is CC(C)N1CC(C(=O)N2CCC(C(=O)N3C[C@@H](NC(=O)Oc4ccc(F)cc4)[C@H](c4ccc(Cl)cc4)C3)CC2)CCC1=O. The molecule has 4 amide bonds. The monoisotopic (exact) mass is 612 g/mol. The van der Waals surface area contributed by atoms with Gasteiger partial charge in [-0.3, -0.25) is 14.4 Å². The number of benzene rings is 2. The maximum absolute atomic E-state index is 13.7. The summed E-state index contributed by atoms with van der Waals surface area (Å²) in [5.74, 6) is -0.644. The number of rotatable bonds is 6. The van der Waals surface area contributed by atoms with Crippen LogP contribution in [-0.2, 0) is 14.4 Å². The molecule has 9 nitrogen and oxygen atoms in total. The van der Waals surface area contributed by atoms with Crippen LogP contribution in [0.5, 0.6) is 5.75 Å². The van der Waals surface area contributed by atoms with Gasteiger partial charge in [-0.2, -0.15) is 0 Å². The summed E-state index contributed by atoms with van der Waals surface area (Å²) in [4.78, 5) is 57.4. The van der Waals surface area contributed by atoms with Gasteiger partial charge < -0.3 is 24.8 Å². The van der Waals surface area contributed by atoms with Crippen molar-refractivity contribution in [3.63, 3.8) is 0 Å². The molecule has 0 aromatic heterocycles. The van der Waals surface area contributed by atoms with E-state index in [4.69, 9.17) is 16.3 Å².